The van der Waals surface area contributed by atoms with Gasteiger partial charge in [-0.2, -0.15) is 0 Å². The molecule has 2 rings (SSSR count). The monoisotopic (exact) mass is 275 g/mol. The molecule has 2 heterocycles. The normalized spacial score (nSPS) is 27.6. The SMILES string of the molecule is O=S1(=O)CCCN(CCN2CCCNCC2)CC1. The van der Waals surface area contributed by atoms with Crippen molar-refractivity contribution in [3.8, 4) is 0 Å². The van der Waals surface area contributed by atoms with Gasteiger partial charge in [0.15, 0.2) is 9.84 Å². The van der Waals surface area contributed by atoms with E-state index >= 15 is 0 Å². The van der Waals surface area contributed by atoms with Crippen molar-refractivity contribution in [2.45, 2.75) is 12.8 Å². The van der Waals surface area contributed by atoms with Crippen LogP contribution in [0.3, 0.4) is 0 Å². The van der Waals surface area contributed by atoms with E-state index in [0.717, 1.165) is 45.7 Å². The average Bonchev–Trinajstić information content (AvgIpc) is 2.67. The van der Waals surface area contributed by atoms with E-state index in [-0.39, 0.29) is 0 Å². The summed E-state index contributed by atoms with van der Waals surface area (Å²) in [4.78, 5) is 4.79. The third-order valence-corrected chi connectivity index (χ3v) is 5.53. The Morgan fingerprint density at radius 1 is 0.833 bits per heavy atom. The molecule has 2 aliphatic heterocycles. The fourth-order valence-corrected chi connectivity index (χ4v) is 3.93. The van der Waals surface area contributed by atoms with Crippen molar-refractivity contribution in [2.75, 3.05) is 63.9 Å². The number of rotatable bonds is 3. The van der Waals surface area contributed by atoms with Crippen LogP contribution in [-0.4, -0.2) is 82.1 Å². The van der Waals surface area contributed by atoms with E-state index in [1.54, 1.807) is 0 Å². The summed E-state index contributed by atoms with van der Waals surface area (Å²) < 4.78 is 23.0. The van der Waals surface area contributed by atoms with Gasteiger partial charge in [0, 0.05) is 32.7 Å². The van der Waals surface area contributed by atoms with Crippen LogP contribution in [0.4, 0.5) is 0 Å². The molecule has 0 aromatic rings. The molecule has 2 saturated heterocycles. The largest absolute Gasteiger partial charge is 0.315 e. The first-order valence-electron chi connectivity index (χ1n) is 7.02. The van der Waals surface area contributed by atoms with Crippen molar-refractivity contribution >= 4 is 9.84 Å². The number of hydrogen-bond donors (Lipinski definition) is 1. The third kappa shape index (κ3) is 4.84. The van der Waals surface area contributed by atoms with E-state index in [1.165, 1.54) is 13.0 Å². The first-order chi connectivity index (χ1) is 8.66. The molecule has 106 valence electrons. The molecule has 0 aromatic heterocycles. The molecule has 0 saturated carbocycles. The molecular formula is C12H25N3O2S. The predicted molar refractivity (Wildman–Crippen MR) is 73.6 cm³/mol. The van der Waals surface area contributed by atoms with Crippen LogP contribution in [0.2, 0.25) is 0 Å². The van der Waals surface area contributed by atoms with E-state index < -0.39 is 9.84 Å². The van der Waals surface area contributed by atoms with Crippen molar-refractivity contribution in [3.05, 3.63) is 0 Å². The molecule has 6 heteroatoms. The van der Waals surface area contributed by atoms with Gasteiger partial charge < -0.3 is 15.1 Å². The maximum Gasteiger partial charge on any atom is 0.151 e. The Bertz CT molecular complexity index is 337. The van der Waals surface area contributed by atoms with E-state index in [1.807, 2.05) is 0 Å². The molecule has 0 bridgehead atoms. The van der Waals surface area contributed by atoms with Gasteiger partial charge in [0.2, 0.25) is 0 Å². The zero-order valence-electron chi connectivity index (χ0n) is 11.1. The topological polar surface area (TPSA) is 52.7 Å². The van der Waals surface area contributed by atoms with Gasteiger partial charge in [-0.3, -0.25) is 0 Å². The summed E-state index contributed by atoms with van der Waals surface area (Å²) in [7, 11) is -2.77. The molecule has 0 aliphatic carbocycles. The molecule has 5 nitrogen and oxygen atoms in total. The minimum absolute atomic E-state index is 0.342. The highest BCUT2D eigenvalue weighted by Gasteiger charge is 2.19. The van der Waals surface area contributed by atoms with Gasteiger partial charge in [0.1, 0.15) is 0 Å². The summed E-state index contributed by atoms with van der Waals surface area (Å²) >= 11 is 0. The van der Waals surface area contributed by atoms with Crippen LogP contribution in [0.25, 0.3) is 0 Å². The number of sulfone groups is 1. The van der Waals surface area contributed by atoms with Crippen LogP contribution < -0.4 is 5.32 Å². The van der Waals surface area contributed by atoms with Gasteiger partial charge in [0.05, 0.1) is 11.5 Å². The Kier molecular flexibility index (Phi) is 5.41. The molecule has 1 N–H and O–H groups in total. The van der Waals surface area contributed by atoms with Gasteiger partial charge in [-0.15, -0.1) is 0 Å². The second-order valence-electron chi connectivity index (χ2n) is 5.29. The number of hydrogen-bond acceptors (Lipinski definition) is 5. The van der Waals surface area contributed by atoms with Crippen LogP contribution in [0.15, 0.2) is 0 Å². The lowest BCUT2D eigenvalue weighted by Gasteiger charge is -2.25. The molecule has 0 unspecified atom stereocenters. The standard InChI is InChI=1S/C12H25N3O2S/c16-18(17)11-2-6-15(10-12-18)9-8-14-5-1-3-13-4-7-14/h13H,1-12H2. The van der Waals surface area contributed by atoms with E-state index in [9.17, 15) is 8.42 Å². The number of nitrogens with one attached hydrogen (secondary N) is 1. The van der Waals surface area contributed by atoms with Crippen molar-refractivity contribution < 1.29 is 8.42 Å². The smallest absolute Gasteiger partial charge is 0.151 e. The second kappa shape index (κ2) is 6.84. The Morgan fingerprint density at radius 2 is 1.56 bits per heavy atom. The molecule has 0 amide bonds. The van der Waals surface area contributed by atoms with Crippen LogP contribution >= 0.6 is 0 Å². The molecule has 0 radical (unpaired) electrons. The first kappa shape index (κ1) is 14.2. The zero-order valence-corrected chi connectivity index (χ0v) is 11.9. The highest BCUT2D eigenvalue weighted by Crippen LogP contribution is 2.05. The number of nitrogens with zero attached hydrogens (tertiary/aromatic N) is 2. The van der Waals surface area contributed by atoms with Crippen LogP contribution in [0, 0.1) is 0 Å². The van der Waals surface area contributed by atoms with Crippen molar-refractivity contribution in [1.82, 2.24) is 15.1 Å². The van der Waals surface area contributed by atoms with E-state index in [4.69, 9.17) is 0 Å². The molecule has 18 heavy (non-hydrogen) atoms. The van der Waals surface area contributed by atoms with Gasteiger partial charge in [-0.05, 0) is 32.5 Å². The average molecular weight is 275 g/mol. The van der Waals surface area contributed by atoms with Crippen molar-refractivity contribution in [1.29, 1.82) is 0 Å². The fourth-order valence-electron chi connectivity index (χ4n) is 2.62. The maximum absolute atomic E-state index is 11.5. The molecule has 2 fully saturated rings. The molecule has 0 atom stereocenters. The lowest BCUT2D eigenvalue weighted by atomic mass is 10.3. The first-order valence-corrected chi connectivity index (χ1v) is 8.84. The summed E-state index contributed by atoms with van der Waals surface area (Å²) in [6.45, 7) is 8.22. The Hall–Kier alpha value is -0.170. The summed E-state index contributed by atoms with van der Waals surface area (Å²) in [5.41, 5.74) is 0. The highest BCUT2D eigenvalue weighted by molar-refractivity contribution is 7.91. The van der Waals surface area contributed by atoms with Crippen molar-refractivity contribution in [2.24, 2.45) is 0 Å². The van der Waals surface area contributed by atoms with Gasteiger partial charge >= 0.3 is 0 Å². The van der Waals surface area contributed by atoms with Gasteiger partial charge in [0.25, 0.3) is 0 Å². The van der Waals surface area contributed by atoms with Crippen LogP contribution in [0.5, 0.6) is 0 Å². The summed E-state index contributed by atoms with van der Waals surface area (Å²) in [5.74, 6) is 0.714. The fraction of sp³-hybridized carbons (Fsp3) is 1.00. The summed E-state index contributed by atoms with van der Waals surface area (Å²) in [6.07, 6.45) is 2.01. The van der Waals surface area contributed by atoms with Crippen LogP contribution in [0.1, 0.15) is 12.8 Å². The lowest BCUT2D eigenvalue weighted by Crippen LogP contribution is -2.38. The minimum atomic E-state index is -2.77. The van der Waals surface area contributed by atoms with E-state index in [2.05, 4.69) is 15.1 Å². The van der Waals surface area contributed by atoms with Crippen molar-refractivity contribution in [3.63, 3.8) is 0 Å². The zero-order chi connectivity index (χ0) is 12.8. The van der Waals surface area contributed by atoms with E-state index in [0.29, 0.717) is 18.1 Å². The Balaban J connectivity index is 1.72. The quantitative estimate of drug-likeness (QED) is 0.745. The summed E-state index contributed by atoms with van der Waals surface area (Å²) in [6, 6.07) is 0. The van der Waals surface area contributed by atoms with Gasteiger partial charge in [-0.25, -0.2) is 8.42 Å². The Morgan fingerprint density at radius 3 is 2.39 bits per heavy atom. The lowest BCUT2D eigenvalue weighted by molar-refractivity contribution is 0.219. The highest BCUT2D eigenvalue weighted by atomic mass is 32.2. The second-order valence-corrected chi connectivity index (χ2v) is 7.60. The molecule has 0 aromatic carbocycles. The Labute approximate surface area is 110 Å². The predicted octanol–water partition coefficient (Wildman–Crippen LogP) is -0.598. The maximum atomic E-state index is 11.5. The third-order valence-electron chi connectivity index (χ3n) is 3.81. The molecular weight excluding hydrogens is 250 g/mol. The molecule has 0 spiro atoms. The molecule has 2 aliphatic rings. The summed E-state index contributed by atoms with van der Waals surface area (Å²) in [5, 5.41) is 3.40. The van der Waals surface area contributed by atoms with Crippen LogP contribution in [-0.2, 0) is 9.84 Å². The van der Waals surface area contributed by atoms with Gasteiger partial charge in [-0.1, -0.05) is 0 Å². The minimum Gasteiger partial charge on any atom is -0.315 e.